The lowest BCUT2D eigenvalue weighted by molar-refractivity contribution is -0.136. The Labute approximate surface area is 96.4 Å². The molecule has 0 radical (unpaired) electrons. The maximum absolute atomic E-state index is 11.9. The number of piperidine rings is 1. The zero-order chi connectivity index (χ0) is 12.1. The van der Waals surface area contributed by atoms with E-state index in [1.54, 1.807) is 0 Å². The van der Waals surface area contributed by atoms with E-state index in [1.165, 1.54) is 6.92 Å². The fourth-order valence-electron chi connectivity index (χ4n) is 2.00. The molecule has 1 fully saturated rings. The highest BCUT2D eigenvalue weighted by atomic mass is 16.2. The van der Waals surface area contributed by atoms with Gasteiger partial charge in [0.05, 0.1) is 0 Å². The zero-order valence-corrected chi connectivity index (χ0v) is 10.0. The molecule has 1 aliphatic heterocycles. The molecule has 1 rings (SSSR count). The molecule has 0 aromatic carbocycles. The molecule has 16 heavy (non-hydrogen) atoms. The Morgan fingerprint density at radius 3 is 2.81 bits per heavy atom. The second-order valence-electron chi connectivity index (χ2n) is 4.46. The SMILES string of the molecule is CC(=O)NC1CCCN(C(=O)C(C)CN)C1. The highest BCUT2D eigenvalue weighted by molar-refractivity contribution is 5.79. The van der Waals surface area contributed by atoms with Gasteiger partial charge in [-0.1, -0.05) is 6.92 Å². The molecule has 92 valence electrons. The van der Waals surface area contributed by atoms with E-state index in [0.29, 0.717) is 13.1 Å². The van der Waals surface area contributed by atoms with Crippen molar-refractivity contribution in [3.05, 3.63) is 0 Å². The van der Waals surface area contributed by atoms with Gasteiger partial charge >= 0.3 is 0 Å². The molecule has 0 bridgehead atoms. The van der Waals surface area contributed by atoms with Crippen LogP contribution >= 0.6 is 0 Å². The van der Waals surface area contributed by atoms with Crippen molar-refractivity contribution in [3.8, 4) is 0 Å². The van der Waals surface area contributed by atoms with Crippen LogP contribution in [0.3, 0.4) is 0 Å². The zero-order valence-electron chi connectivity index (χ0n) is 10.0. The first-order chi connectivity index (χ1) is 7.54. The average Bonchev–Trinajstić information content (AvgIpc) is 2.26. The Morgan fingerprint density at radius 2 is 2.25 bits per heavy atom. The molecule has 2 unspecified atom stereocenters. The van der Waals surface area contributed by atoms with Gasteiger partial charge in [-0.15, -0.1) is 0 Å². The first-order valence-electron chi connectivity index (χ1n) is 5.80. The van der Waals surface area contributed by atoms with Crippen LogP contribution in [0.4, 0.5) is 0 Å². The molecule has 0 aromatic rings. The highest BCUT2D eigenvalue weighted by Gasteiger charge is 2.26. The number of hydrogen-bond donors (Lipinski definition) is 2. The van der Waals surface area contributed by atoms with Crippen LogP contribution in [0.2, 0.25) is 0 Å². The van der Waals surface area contributed by atoms with Crippen LogP contribution in [0.15, 0.2) is 0 Å². The molecular formula is C11H21N3O2. The summed E-state index contributed by atoms with van der Waals surface area (Å²) >= 11 is 0. The Morgan fingerprint density at radius 1 is 1.56 bits per heavy atom. The lowest BCUT2D eigenvalue weighted by atomic mass is 10.0. The number of amides is 2. The van der Waals surface area contributed by atoms with Gasteiger partial charge in [0.2, 0.25) is 11.8 Å². The second-order valence-corrected chi connectivity index (χ2v) is 4.46. The normalized spacial score (nSPS) is 22.7. The molecule has 5 heteroatoms. The molecule has 1 aliphatic rings. The number of carbonyl (C=O) groups excluding carboxylic acids is 2. The van der Waals surface area contributed by atoms with Crippen molar-refractivity contribution < 1.29 is 9.59 Å². The molecule has 5 nitrogen and oxygen atoms in total. The Kier molecular flexibility index (Phi) is 4.73. The number of carbonyl (C=O) groups is 2. The second kappa shape index (κ2) is 5.84. The standard InChI is InChI=1S/C11H21N3O2/c1-8(6-12)11(16)14-5-3-4-10(7-14)13-9(2)15/h8,10H,3-7,12H2,1-2H3,(H,13,15). The van der Waals surface area contributed by atoms with Crippen LogP contribution in [0.25, 0.3) is 0 Å². The molecule has 0 aromatic heterocycles. The molecule has 0 aliphatic carbocycles. The van der Waals surface area contributed by atoms with Crippen LogP contribution < -0.4 is 11.1 Å². The third-order valence-corrected chi connectivity index (χ3v) is 2.92. The minimum absolute atomic E-state index is 0.0360. The first-order valence-corrected chi connectivity index (χ1v) is 5.80. The Balaban J connectivity index is 2.49. The van der Waals surface area contributed by atoms with Gasteiger partial charge in [0, 0.05) is 38.5 Å². The van der Waals surface area contributed by atoms with Crippen molar-refractivity contribution in [2.45, 2.75) is 32.7 Å². The van der Waals surface area contributed by atoms with Crippen molar-refractivity contribution in [1.82, 2.24) is 10.2 Å². The molecule has 0 saturated carbocycles. The third kappa shape index (κ3) is 3.48. The van der Waals surface area contributed by atoms with Gasteiger partial charge in [0.1, 0.15) is 0 Å². The monoisotopic (exact) mass is 227 g/mol. The van der Waals surface area contributed by atoms with Crippen LogP contribution in [0.1, 0.15) is 26.7 Å². The predicted molar refractivity (Wildman–Crippen MR) is 61.6 cm³/mol. The van der Waals surface area contributed by atoms with Crippen LogP contribution in [-0.4, -0.2) is 42.4 Å². The summed E-state index contributed by atoms with van der Waals surface area (Å²) in [6.45, 7) is 5.11. The lowest BCUT2D eigenvalue weighted by Crippen LogP contribution is -2.51. The van der Waals surface area contributed by atoms with Crippen molar-refractivity contribution >= 4 is 11.8 Å². The number of nitrogens with two attached hydrogens (primary N) is 1. The Bertz CT molecular complexity index is 268. The van der Waals surface area contributed by atoms with E-state index in [4.69, 9.17) is 5.73 Å². The maximum Gasteiger partial charge on any atom is 0.226 e. The van der Waals surface area contributed by atoms with Crippen molar-refractivity contribution in [2.75, 3.05) is 19.6 Å². The minimum atomic E-state index is -0.129. The van der Waals surface area contributed by atoms with Crippen molar-refractivity contribution in [3.63, 3.8) is 0 Å². The predicted octanol–water partition coefficient (Wildman–Crippen LogP) is -0.292. The molecular weight excluding hydrogens is 206 g/mol. The van der Waals surface area contributed by atoms with E-state index >= 15 is 0 Å². The molecule has 2 atom stereocenters. The highest BCUT2D eigenvalue weighted by Crippen LogP contribution is 2.12. The summed E-state index contributed by atoms with van der Waals surface area (Å²) in [6, 6.07) is 0.0974. The van der Waals surface area contributed by atoms with Gasteiger partial charge < -0.3 is 16.0 Å². The average molecular weight is 227 g/mol. The summed E-state index contributed by atoms with van der Waals surface area (Å²) in [5.41, 5.74) is 5.48. The number of nitrogens with zero attached hydrogens (tertiary/aromatic N) is 1. The van der Waals surface area contributed by atoms with E-state index in [2.05, 4.69) is 5.32 Å². The third-order valence-electron chi connectivity index (χ3n) is 2.92. The summed E-state index contributed by atoms with van der Waals surface area (Å²) < 4.78 is 0. The number of hydrogen-bond acceptors (Lipinski definition) is 3. The van der Waals surface area contributed by atoms with E-state index in [1.807, 2.05) is 11.8 Å². The number of nitrogens with one attached hydrogen (secondary N) is 1. The van der Waals surface area contributed by atoms with Gasteiger partial charge in [-0.2, -0.15) is 0 Å². The van der Waals surface area contributed by atoms with Crippen LogP contribution in [0, 0.1) is 5.92 Å². The summed E-state index contributed by atoms with van der Waals surface area (Å²) in [5.74, 6) is -0.0696. The molecule has 0 spiro atoms. The van der Waals surface area contributed by atoms with Gasteiger partial charge in [0.25, 0.3) is 0 Å². The summed E-state index contributed by atoms with van der Waals surface area (Å²) in [4.78, 5) is 24.6. The van der Waals surface area contributed by atoms with E-state index in [-0.39, 0.29) is 23.8 Å². The van der Waals surface area contributed by atoms with Crippen LogP contribution in [0.5, 0.6) is 0 Å². The van der Waals surface area contributed by atoms with Gasteiger partial charge in [-0.25, -0.2) is 0 Å². The fraction of sp³-hybridized carbons (Fsp3) is 0.818. The summed E-state index contributed by atoms with van der Waals surface area (Å²) in [5, 5.41) is 2.86. The quantitative estimate of drug-likeness (QED) is 0.695. The van der Waals surface area contributed by atoms with Crippen molar-refractivity contribution in [1.29, 1.82) is 0 Å². The van der Waals surface area contributed by atoms with Gasteiger partial charge in [-0.3, -0.25) is 9.59 Å². The van der Waals surface area contributed by atoms with Crippen molar-refractivity contribution in [2.24, 2.45) is 11.7 Å². The molecule has 3 N–H and O–H groups in total. The van der Waals surface area contributed by atoms with Gasteiger partial charge in [0.15, 0.2) is 0 Å². The fourth-order valence-corrected chi connectivity index (χ4v) is 2.00. The number of rotatable bonds is 3. The molecule has 1 saturated heterocycles. The maximum atomic E-state index is 11.9. The smallest absolute Gasteiger partial charge is 0.226 e. The van der Waals surface area contributed by atoms with E-state index in [9.17, 15) is 9.59 Å². The molecule has 2 amide bonds. The summed E-state index contributed by atoms with van der Waals surface area (Å²) in [7, 11) is 0. The minimum Gasteiger partial charge on any atom is -0.352 e. The van der Waals surface area contributed by atoms with Gasteiger partial charge in [-0.05, 0) is 12.8 Å². The van der Waals surface area contributed by atoms with E-state index < -0.39 is 0 Å². The lowest BCUT2D eigenvalue weighted by Gasteiger charge is -2.34. The summed E-state index contributed by atoms with van der Waals surface area (Å²) in [6.07, 6.45) is 1.88. The van der Waals surface area contributed by atoms with Crippen LogP contribution in [-0.2, 0) is 9.59 Å². The largest absolute Gasteiger partial charge is 0.352 e. The number of likely N-dealkylation sites (tertiary alicyclic amines) is 1. The topological polar surface area (TPSA) is 75.4 Å². The molecule has 1 heterocycles. The first kappa shape index (κ1) is 13.0. The van der Waals surface area contributed by atoms with E-state index in [0.717, 1.165) is 19.4 Å². The Hall–Kier alpha value is -1.10.